The van der Waals surface area contributed by atoms with Crippen molar-refractivity contribution in [1.82, 2.24) is 20.2 Å². The summed E-state index contributed by atoms with van der Waals surface area (Å²) in [7, 11) is 0. The summed E-state index contributed by atoms with van der Waals surface area (Å²) >= 11 is 1.21. The van der Waals surface area contributed by atoms with Gasteiger partial charge in [-0.25, -0.2) is 9.07 Å². The number of hydrogen-bond donors (Lipinski definition) is 2. The summed E-state index contributed by atoms with van der Waals surface area (Å²) in [5.41, 5.74) is 2.83. The third-order valence-electron chi connectivity index (χ3n) is 4.05. The molecule has 0 saturated carbocycles. The molecule has 0 radical (unpaired) electrons. The number of carbonyl (C=O) groups excluding carboxylic acids is 1. The molecule has 0 aliphatic carbocycles. The predicted molar refractivity (Wildman–Crippen MR) is 104 cm³/mol. The van der Waals surface area contributed by atoms with E-state index in [1.165, 1.54) is 28.6 Å². The Bertz CT molecular complexity index is 924. The van der Waals surface area contributed by atoms with Crippen molar-refractivity contribution in [3.05, 3.63) is 65.5 Å². The van der Waals surface area contributed by atoms with Gasteiger partial charge in [0, 0.05) is 5.56 Å². The lowest BCUT2D eigenvalue weighted by Gasteiger charge is -2.14. The number of halogens is 1. The fourth-order valence-electron chi connectivity index (χ4n) is 2.52. The first-order valence-corrected chi connectivity index (χ1v) is 9.38. The van der Waals surface area contributed by atoms with E-state index in [-0.39, 0.29) is 23.5 Å². The predicted octanol–water partition coefficient (Wildman–Crippen LogP) is 3.08. The summed E-state index contributed by atoms with van der Waals surface area (Å²) in [4.78, 5) is 12.2. The van der Waals surface area contributed by atoms with E-state index < -0.39 is 0 Å². The van der Waals surface area contributed by atoms with Gasteiger partial charge in [0.25, 0.3) is 0 Å². The Morgan fingerprint density at radius 2 is 1.85 bits per heavy atom. The van der Waals surface area contributed by atoms with Crippen molar-refractivity contribution in [3.8, 4) is 11.4 Å². The van der Waals surface area contributed by atoms with Crippen LogP contribution >= 0.6 is 11.8 Å². The average molecular weight is 385 g/mol. The van der Waals surface area contributed by atoms with Crippen LogP contribution in [0.15, 0.2) is 53.7 Å². The van der Waals surface area contributed by atoms with Gasteiger partial charge in [0.15, 0.2) is 5.82 Å². The Labute approximate surface area is 161 Å². The molecule has 1 heterocycles. The fraction of sp³-hybridized carbons (Fsp3) is 0.211. The summed E-state index contributed by atoms with van der Waals surface area (Å²) in [6, 6.07) is 13.6. The Hall–Kier alpha value is -2.87. The van der Waals surface area contributed by atoms with Crippen LogP contribution in [0.2, 0.25) is 0 Å². The van der Waals surface area contributed by atoms with Gasteiger partial charge in [-0.1, -0.05) is 53.7 Å². The molecule has 0 bridgehead atoms. The van der Waals surface area contributed by atoms with E-state index in [2.05, 4.69) is 15.5 Å². The number of thioether (sulfide) groups is 1. The number of nitrogen functional groups attached to an aromatic ring is 1. The van der Waals surface area contributed by atoms with E-state index in [9.17, 15) is 9.18 Å². The molecule has 27 heavy (non-hydrogen) atoms. The molecule has 3 aromatic rings. The highest BCUT2D eigenvalue weighted by Crippen LogP contribution is 2.22. The molecule has 8 heteroatoms. The number of nitrogens with two attached hydrogens (primary N) is 1. The molecule has 0 spiro atoms. The first-order chi connectivity index (χ1) is 12.9. The lowest BCUT2D eigenvalue weighted by Crippen LogP contribution is -2.28. The number of benzene rings is 2. The maximum atomic E-state index is 13.0. The zero-order valence-electron chi connectivity index (χ0n) is 15.0. The summed E-state index contributed by atoms with van der Waals surface area (Å²) in [5, 5.41) is 11.5. The molecular weight excluding hydrogens is 365 g/mol. The largest absolute Gasteiger partial charge is 0.349 e. The normalized spacial score (nSPS) is 12.0. The van der Waals surface area contributed by atoms with E-state index in [0.29, 0.717) is 11.0 Å². The van der Waals surface area contributed by atoms with Crippen LogP contribution in [0.25, 0.3) is 11.4 Å². The van der Waals surface area contributed by atoms with Crippen LogP contribution in [-0.2, 0) is 4.79 Å². The van der Waals surface area contributed by atoms with Gasteiger partial charge >= 0.3 is 0 Å². The van der Waals surface area contributed by atoms with Gasteiger partial charge in [0.2, 0.25) is 11.1 Å². The number of aryl methyl sites for hydroxylation is 1. The van der Waals surface area contributed by atoms with E-state index in [0.717, 1.165) is 16.7 Å². The topological polar surface area (TPSA) is 85.8 Å². The Morgan fingerprint density at radius 3 is 2.52 bits per heavy atom. The summed E-state index contributed by atoms with van der Waals surface area (Å²) in [5.74, 6) is 6.28. The lowest BCUT2D eigenvalue weighted by molar-refractivity contribution is -0.119. The minimum atomic E-state index is -0.306. The second-order valence-electron chi connectivity index (χ2n) is 6.17. The quantitative estimate of drug-likeness (QED) is 0.503. The minimum absolute atomic E-state index is 0.148. The van der Waals surface area contributed by atoms with E-state index in [4.69, 9.17) is 5.84 Å². The van der Waals surface area contributed by atoms with Crippen LogP contribution in [0, 0.1) is 12.7 Å². The van der Waals surface area contributed by atoms with Gasteiger partial charge in [-0.2, -0.15) is 0 Å². The number of hydrogen-bond acceptors (Lipinski definition) is 5. The molecule has 1 unspecified atom stereocenters. The molecule has 3 N–H and O–H groups in total. The lowest BCUT2D eigenvalue weighted by atomic mass is 10.1. The Balaban J connectivity index is 1.59. The summed E-state index contributed by atoms with van der Waals surface area (Å²) in [6.45, 7) is 3.85. The summed E-state index contributed by atoms with van der Waals surface area (Å²) < 4.78 is 14.4. The number of nitrogens with zero attached hydrogens (tertiary/aromatic N) is 3. The second kappa shape index (κ2) is 8.22. The van der Waals surface area contributed by atoms with Crippen molar-refractivity contribution >= 4 is 17.7 Å². The van der Waals surface area contributed by atoms with Gasteiger partial charge in [-0.3, -0.25) is 4.79 Å². The maximum absolute atomic E-state index is 13.0. The van der Waals surface area contributed by atoms with E-state index in [1.807, 2.05) is 38.1 Å². The second-order valence-corrected chi connectivity index (χ2v) is 7.11. The zero-order valence-corrected chi connectivity index (χ0v) is 15.8. The van der Waals surface area contributed by atoms with E-state index >= 15 is 0 Å². The highest BCUT2D eigenvalue weighted by molar-refractivity contribution is 7.99. The van der Waals surface area contributed by atoms with Crippen LogP contribution in [-0.4, -0.2) is 26.5 Å². The molecule has 0 aliphatic heterocycles. The molecule has 140 valence electrons. The van der Waals surface area contributed by atoms with Crippen molar-refractivity contribution in [2.75, 3.05) is 11.6 Å². The maximum Gasteiger partial charge on any atom is 0.230 e. The number of aromatic nitrogens is 3. The molecule has 1 amide bonds. The van der Waals surface area contributed by atoms with Gasteiger partial charge in [0.05, 0.1) is 11.8 Å². The van der Waals surface area contributed by atoms with Crippen molar-refractivity contribution in [1.29, 1.82) is 0 Å². The monoisotopic (exact) mass is 385 g/mol. The smallest absolute Gasteiger partial charge is 0.230 e. The third-order valence-corrected chi connectivity index (χ3v) is 5.00. The molecule has 0 aliphatic rings. The number of amides is 1. The molecule has 6 nitrogen and oxygen atoms in total. The van der Waals surface area contributed by atoms with Gasteiger partial charge in [-0.15, -0.1) is 10.2 Å². The van der Waals surface area contributed by atoms with Gasteiger partial charge in [0.1, 0.15) is 5.82 Å². The number of nitrogens with one attached hydrogen (secondary N) is 1. The Kier molecular flexibility index (Phi) is 5.75. The molecule has 3 rings (SSSR count). The van der Waals surface area contributed by atoms with Crippen molar-refractivity contribution in [2.24, 2.45) is 0 Å². The van der Waals surface area contributed by atoms with Crippen LogP contribution < -0.4 is 11.2 Å². The average Bonchev–Trinajstić information content (AvgIpc) is 3.02. The van der Waals surface area contributed by atoms with Crippen molar-refractivity contribution in [3.63, 3.8) is 0 Å². The minimum Gasteiger partial charge on any atom is -0.349 e. The fourth-order valence-corrected chi connectivity index (χ4v) is 3.19. The van der Waals surface area contributed by atoms with Crippen molar-refractivity contribution < 1.29 is 9.18 Å². The molecule has 1 atom stereocenters. The molecular formula is C19H20FN5OS. The zero-order chi connectivity index (χ0) is 19.4. The van der Waals surface area contributed by atoms with Crippen LogP contribution in [0.4, 0.5) is 4.39 Å². The van der Waals surface area contributed by atoms with Crippen LogP contribution in [0.3, 0.4) is 0 Å². The molecule has 2 aromatic carbocycles. The van der Waals surface area contributed by atoms with Crippen LogP contribution in [0.5, 0.6) is 0 Å². The SMILES string of the molecule is Cc1ccc(-c2nnc(SCC(=O)NC(C)c3ccc(F)cc3)n2N)cc1. The first kappa shape index (κ1) is 18.9. The Morgan fingerprint density at radius 1 is 1.19 bits per heavy atom. The highest BCUT2D eigenvalue weighted by atomic mass is 32.2. The van der Waals surface area contributed by atoms with Crippen LogP contribution in [0.1, 0.15) is 24.1 Å². The molecule has 0 saturated heterocycles. The van der Waals surface area contributed by atoms with Gasteiger partial charge in [-0.05, 0) is 31.5 Å². The van der Waals surface area contributed by atoms with E-state index in [1.54, 1.807) is 12.1 Å². The first-order valence-electron chi connectivity index (χ1n) is 8.39. The molecule has 1 aromatic heterocycles. The molecule has 0 fully saturated rings. The van der Waals surface area contributed by atoms with Gasteiger partial charge < -0.3 is 11.2 Å². The number of rotatable bonds is 6. The standard InChI is InChI=1S/C19H20FN5OS/c1-12-3-5-15(6-4-12)18-23-24-19(25(18)21)27-11-17(26)22-13(2)14-7-9-16(20)10-8-14/h3-10,13H,11,21H2,1-2H3,(H,22,26). The highest BCUT2D eigenvalue weighted by Gasteiger charge is 2.15. The van der Waals surface area contributed by atoms with Crippen molar-refractivity contribution in [2.45, 2.75) is 25.0 Å². The third kappa shape index (κ3) is 4.65. The summed E-state index contributed by atoms with van der Waals surface area (Å²) in [6.07, 6.45) is 0. The number of carbonyl (C=O) groups is 1.